The van der Waals surface area contributed by atoms with Crippen LogP contribution >= 0.6 is 11.6 Å². The van der Waals surface area contributed by atoms with Gasteiger partial charge in [-0.1, -0.05) is 35.9 Å². The van der Waals surface area contributed by atoms with Crippen LogP contribution < -0.4 is 14.8 Å². The van der Waals surface area contributed by atoms with Gasteiger partial charge in [0.1, 0.15) is 5.15 Å². The minimum atomic E-state index is -0.235. The summed E-state index contributed by atoms with van der Waals surface area (Å²) < 4.78 is 16.6. The first-order chi connectivity index (χ1) is 14.6. The Bertz CT molecular complexity index is 1110. The van der Waals surface area contributed by atoms with E-state index in [-0.39, 0.29) is 18.1 Å². The van der Waals surface area contributed by atoms with Gasteiger partial charge in [-0.15, -0.1) is 0 Å². The first-order valence-electron chi connectivity index (χ1n) is 9.96. The van der Waals surface area contributed by atoms with Gasteiger partial charge < -0.3 is 19.5 Å². The lowest BCUT2D eigenvalue weighted by molar-refractivity contribution is 0.0486. The normalized spacial score (nSPS) is 17.1. The fraction of sp³-hybridized carbons (Fsp3) is 0.304. The second-order valence-corrected chi connectivity index (χ2v) is 8.04. The third-order valence-corrected chi connectivity index (χ3v) is 6.15. The number of carbonyl (C=O) groups is 1. The summed E-state index contributed by atoms with van der Waals surface area (Å²) in [5.41, 5.74) is 2.11. The molecule has 1 N–H and O–H groups in total. The van der Waals surface area contributed by atoms with Gasteiger partial charge in [-0.05, 0) is 42.7 Å². The highest BCUT2D eigenvalue weighted by Gasteiger charge is 2.36. The van der Waals surface area contributed by atoms with Gasteiger partial charge in [0, 0.05) is 30.6 Å². The number of benzene rings is 2. The van der Waals surface area contributed by atoms with Crippen molar-refractivity contribution in [3.8, 4) is 11.5 Å². The van der Waals surface area contributed by atoms with E-state index in [0.29, 0.717) is 36.0 Å². The lowest BCUT2D eigenvalue weighted by atomic mass is 9.74. The van der Waals surface area contributed by atoms with Crippen molar-refractivity contribution in [3.05, 3.63) is 64.8 Å². The summed E-state index contributed by atoms with van der Waals surface area (Å²) in [5.74, 6) is 1.33. The summed E-state index contributed by atoms with van der Waals surface area (Å²) in [7, 11) is 0. The Kier molecular flexibility index (Phi) is 4.97. The van der Waals surface area contributed by atoms with Crippen LogP contribution in [0.1, 0.15) is 28.8 Å². The molecule has 0 aliphatic carbocycles. The summed E-state index contributed by atoms with van der Waals surface area (Å²) in [6.07, 6.45) is 1.62. The molecule has 0 spiro atoms. The van der Waals surface area contributed by atoms with E-state index >= 15 is 0 Å². The molecule has 1 amide bonds. The van der Waals surface area contributed by atoms with Crippen LogP contribution in [-0.4, -0.2) is 37.4 Å². The summed E-state index contributed by atoms with van der Waals surface area (Å²) >= 11 is 6.16. The molecule has 0 bridgehead atoms. The lowest BCUT2D eigenvalue weighted by Crippen LogP contribution is -2.44. The Balaban J connectivity index is 1.44. The predicted molar refractivity (Wildman–Crippen MR) is 113 cm³/mol. The van der Waals surface area contributed by atoms with Crippen molar-refractivity contribution in [3.63, 3.8) is 0 Å². The number of hydrogen-bond donors (Lipinski definition) is 1. The Morgan fingerprint density at radius 2 is 1.87 bits per heavy atom. The van der Waals surface area contributed by atoms with Gasteiger partial charge in [0.25, 0.3) is 5.91 Å². The van der Waals surface area contributed by atoms with Crippen molar-refractivity contribution in [1.82, 2.24) is 10.3 Å². The molecule has 0 saturated carbocycles. The van der Waals surface area contributed by atoms with Crippen molar-refractivity contribution < 1.29 is 19.0 Å². The third kappa shape index (κ3) is 3.46. The molecule has 0 atom stereocenters. The molecule has 2 aliphatic rings. The molecule has 0 unspecified atom stereocenters. The van der Waals surface area contributed by atoms with Gasteiger partial charge in [-0.25, -0.2) is 4.98 Å². The highest BCUT2D eigenvalue weighted by atomic mass is 35.5. The van der Waals surface area contributed by atoms with E-state index in [0.717, 1.165) is 35.3 Å². The van der Waals surface area contributed by atoms with Crippen molar-refractivity contribution in [1.29, 1.82) is 0 Å². The molecule has 7 heteroatoms. The maximum absolute atomic E-state index is 13.1. The molecule has 1 fully saturated rings. The van der Waals surface area contributed by atoms with Crippen LogP contribution in [0.4, 0.5) is 0 Å². The molecular formula is C23H21ClN2O4. The maximum atomic E-state index is 13.1. The molecule has 5 rings (SSSR count). The van der Waals surface area contributed by atoms with Crippen LogP contribution in [-0.2, 0) is 10.2 Å². The quantitative estimate of drug-likeness (QED) is 0.639. The molecule has 6 nitrogen and oxygen atoms in total. The first kappa shape index (κ1) is 19.2. The van der Waals surface area contributed by atoms with Gasteiger partial charge in [-0.2, -0.15) is 0 Å². The second kappa shape index (κ2) is 7.78. The number of ether oxygens (including phenoxy) is 3. The summed E-state index contributed by atoms with van der Waals surface area (Å²) in [6.45, 7) is 2.02. The molecule has 2 aliphatic heterocycles. The van der Waals surface area contributed by atoms with Crippen molar-refractivity contribution >= 4 is 28.4 Å². The Hall–Kier alpha value is -2.83. The van der Waals surface area contributed by atoms with E-state index in [1.807, 2.05) is 36.4 Å². The zero-order chi connectivity index (χ0) is 20.6. The largest absolute Gasteiger partial charge is 0.454 e. The number of para-hydroxylation sites is 1. The Morgan fingerprint density at radius 1 is 1.07 bits per heavy atom. The monoisotopic (exact) mass is 424 g/mol. The van der Waals surface area contributed by atoms with Crippen LogP contribution in [0.5, 0.6) is 11.5 Å². The van der Waals surface area contributed by atoms with Crippen LogP contribution in [0.2, 0.25) is 5.15 Å². The van der Waals surface area contributed by atoms with Gasteiger partial charge >= 0.3 is 0 Å². The fourth-order valence-corrected chi connectivity index (χ4v) is 4.43. The highest BCUT2D eigenvalue weighted by molar-refractivity contribution is 6.30. The molecule has 30 heavy (non-hydrogen) atoms. The van der Waals surface area contributed by atoms with Gasteiger partial charge in [0.15, 0.2) is 11.5 Å². The molecule has 154 valence electrons. The number of aromatic nitrogens is 1. The van der Waals surface area contributed by atoms with Crippen molar-refractivity contribution in [2.24, 2.45) is 0 Å². The van der Waals surface area contributed by atoms with Crippen LogP contribution in [0.3, 0.4) is 0 Å². The number of rotatable bonds is 4. The highest BCUT2D eigenvalue weighted by Crippen LogP contribution is 2.40. The summed E-state index contributed by atoms with van der Waals surface area (Å²) in [6, 6.07) is 15.1. The average molecular weight is 425 g/mol. The molecule has 3 aromatic rings. The van der Waals surface area contributed by atoms with E-state index < -0.39 is 0 Å². The van der Waals surface area contributed by atoms with E-state index in [2.05, 4.69) is 16.4 Å². The standard InChI is InChI=1S/C23H21ClN2O4/c24-21-12-17(16-3-1-2-4-18(16)26-21)22(27)25-13-23(7-9-28-10-8-23)15-5-6-19-20(11-15)30-14-29-19/h1-6,11-12H,7-10,13-14H2,(H,25,27). The zero-order valence-electron chi connectivity index (χ0n) is 16.3. The minimum Gasteiger partial charge on any atom is -0.454 e. The van der Waals surface area contributed by atoms with Crippen LogP contribution in [0, 0.1) is 0 Å². The minimum absolute atomic E-state index is 0.165. The molecule has 2 aromatic carbocycles. The lowest BCUT2D eigenvalue weighted by Gasteiger charge is -2.38. The molecule has 3 heterocycles. The Morgan fingerprint density at radius 3 is 2.73 bits per heavy atom. The maximum Gasteiger partial charge on any atom is 0.252 e. The Labute approximate surface area is 179 Å². The van der Waals surface area contributed by atoms with Gasteiger partial charge in [-0.3, -0.25) is 4.79 Å². The molecule has 1 aromatic heterocycles. The number of amides is 1. The predicted octanol–water partition coefficient (Wildman–Crippen LogP) is 4.10. The number of pyridine rings is 1. The molecule has 0 radical (unpaired) electrons. The summed E-state index contributed by atoms with van der Waals surface area (Å²) in [4.78, 5) is 17.4. The van der Waals surface area contributed by atoms with Crippen LogP contribution in [0.25, 0.3) is 10.9 Å². The zero-order valence-corrected chi connectivity index (χ0v) is 17.1. The summed E-state index contributed by atoms with van der Waals surface area (Å²) in [5, 5.41) is 4.22. The first-order valence-corrected chi connectivity index (χ1v) is 10.3. The van der Waals surface area contributed by atoms with E-state index in [9.17, 15) is 4.79 Å². The average Bonchev–Trinajstić information content (AvgIpc) is 3.25. The smallest absolute Gasteiger partial charge is 0.252 e. The van der Waals surface area contributed by atoms with E-state index in [1.165, 1.54) is 0 Å². The number of nitrogens with one attached hydrogen (secondary N) is 1. The van der Waals surface area contributed by atoms with Crippen molar-refractivity contribution in [2.75, 3.05) is 26.6 Å². The van der Waals surface area contributed by atoms with E-state index in [4.69, 9.17) is 25.8 Å². The SMILES string of the molecule is O=C(NCC1(c2ccc3c(c2)OCO3)CCOCC1)c1cc(Cl)nc2ccccc12. The topological polar surface area (TPSA) is 69.7 Å². The fourth-order valence-electron chi connectivity index (χ4n) is 4.23. The molecule has 1 saturated heterocycles. The molecular weight excluding hydrogens is 404 g/mol. The van der Waals surface area contributed by atoms with Crippen molar-refractivity contribution in [2.45, 2.75) is 18.3 Å². The number of hydrogen-bond acceptors (Lipinski definition) is 5. The number of fused-ring (bicyclic) bond motifs is 2. The number of nitrogens with zero attached hydrogens (tertiary/aromatic N) is 1. The second-order valence-electron chi connectivity index (χ2n) is 7.65. The number of halogens is 1. The van der Waals surface area contributed by atoms with E-state index in [1.54, 1.807) is 6.07 Å². The van der Waals surface area contributed by atoms with Crippen LogP contribution in [0.15, 0.2) is 48.5 Å². The number of carbonyl (C=O) groups excluding carboxylic acids is 1. The third-order valence-electron chi connectivity index (χ3n) is 5.95. The van der Waals surface area contributed by atoms with Gasteiger partial charge in [0.05, 0.1) is 11.1 Å². The van der Waals surface area contributed by atoms with Gasteiger partial charge in [0.2, 0.25) is 6.79 Å².